The summed E-state index contributed by atoms with van der Waals surface area (Å²) in [4.78, 5) is 11.6. The fourth-order valence-electron chi connectivity index (χ4n) is 2.00. The zero-order chi connectivity index (χ0) is 15.6. The predicted molar refractivity (Wildman–Crippen MR) is 90.0 cm³/mol. The molecule has 0 aliphatic carbocycles. The Morgan fingerprint density at radius 1 is 1.14 bits per heavy atom. The molecule has 0 fully saturated rings. The van der Waals surface area contributed by atoms with Gasteiger partial charge in [0, 0.05) is 21.2 Å². The Bertz CT molecular complexity index is 699. The third-order valence-corrected chi connectivity index (χ3v) is 4.35. The highest BCUT2D eigenvalue weighted by atomic mass is 79.9. The number of ether oxygens (including phenoxy) is 1. The summed E-state index contributed by atoms with van der Waals surface area (Å²) in [6.07, 6.45) is 0. The van der Waals surface area contributed by atoms with Crippen LogP contribution >= 0.6 is 39.1 Å². The highest BCUT2D eigenvalue weighted by Crippen LogP contribution is 2.29. The molecular formula is C16H13BrCl2O2. The second-order valence-electron chi connectivity index (χ2n) is 4.70. The molecule has 0 bridgehead atoms. The van der Waals surface area contributed by atoms with Crippen LogP contribution in [0.15, 0.2) is 30.3 Å². The summed E-state index contributed by atoms with van der Waals surface area (Å²) < 4.78 is 5.57. The molecule has 2 aromatic rings. The first-order valence-electron chi connectivity index (χ1n) is 6.27. The van der Waals surface area contributed by atoms with Gasteiger partial charge in [0.2, 0.25) is 4.69 Å². The number of hydrogen-bond acceptors (Lipinski definition) is 2. The maximum atomic E-state index is 11.6. The van der Waals surface area contributed by atoms with Gasteiger partial charge in [0.15, 0.2) is 0 Å². The molecule has 0 radical (unpaired) electrons. The topological polar surface area (TPSA) is 26.3 Å². The third-order valence-electron chi connectivity index (χ3n) is 3.16. The van der Waals surface area contributed by atoms with E-state index in [1.807, 2.05) is 19.9 Å². The molecule has 21 heavy (non-hydrogen) atoms. The van der Waals surface area contributed by atoms with Crippen molar-refractivity contribution in [3.05, 3.63) is 62.6 Å². The zero-order valence-electron chi connectivity index (χ0n) is 11.5. The average molecular weight is 388 g/mol. The number of rotatable bonds is 4. The van der Waals surface area contributed by atoms with Gasteiger partial charge in [0.05, 0.1) is 0 Å². The smallest absolute Gasteiger partial charge is 0.228 e. The van der Waals surface area contributed by atoms with E-state index in [0.29, 0.717) is 26.9 Å². The molecule has 0 saturated carbocycles. The molecule has 0 saturated heterocycles. The van der Waals surface area contributed by atoms with Gasteiger partial charge in [0.1, 0.15) is 12.4 Å². The van der Waals surface area contributed by atoms with Crippen molar-refractivity contribution in [2.24, 2.45) is 0 Å². The lowest BCUT2D eigenvalue weighted by Crippen LogP contribution is -2.04. The highest BCUT2D eigenvalue weighted by Gasteiger charge is 2.13. The van der Waals surface area contributed by atoms with Crippen LogP contribution in [0.5, 0.6) is 5.75 Å². The van der Waals surface area contributed by atoms with E-state index >= 15 is 0 Å². The van der Waals surface area contributed by atoms with Crippen molar-refractivity contribution in [2.75, 3.05) is 0 Å². The molecule has 2 nitrogen and oxygen atoms in total. The SMILES string of the molecule is Cc1cc(C)c(OCc2c(Cl)cccc2C(=O)Br)cc1Cl. The van der Waals surface area contributed by atoms with Crippen molar-refractivity contribution in [1.82, 2.24) is 0 Å². The van der Waals surface area contributed by atoms with Gasteiger partial charge >= 0.3 is 0 Å². The Kier molecular flexibility index (Phi) is 5.31. The largest absolute Gasteiger partial charge is 0.489 e. The summed E-state index contributed by atoms with van der Waals surface area (Å²) in [6.45, 7) is 4.09. The summed E-state index contributed by atoms with van der Waals surface area (Å²) in [7, 11) is 0. The molecule has 0 aromatic heterocycles. The summed E-state index contributed by atoms with van der Waals surface area (Å²) in [5, 5.41) is 1.14. The van der Waals surface area contributed by atoms with Crippen LogP contribution in [0.3, 0.4) is 0 Å². The van der Waals surface area contributed by atoms with Crippen molar-refractivity contribution >= 4 is 43.8 Å². The molecular weight excluding hydrogens is 375 g/mol. The van der Waals surface area contributed by atoms with Crippen LogP contribution in [0.1, 0.15) is 27.0 Å². The van der Waals surface area contributed by atoms with Gasteiger partial charge in [-0.1, -0.05) is 35.3 Å². The lowest BCUT2D eigenvalue weighted by molar-refractivity contribution is 0.109. The van der Waals surface area contributed by atoms with E-state index in [1.54, 1.807) is 24.3 Å². The highest BCUT2D eigenvalue weighted by molar-refractivity contribution is 9.18. The summed E-state index contributed by atoms with van der Waals surface area (Å²) in [5.41, 5.74) is 3.13. The van der Waals surface area contributed by atoms with E-state index in [-0.39, 0.29) is 11.3 Å². The first-order chi connectivity index (χ1) is 9.90. The fourth-order valence-corrected chi connectivity index (χ4v) is 2.76. The van der Waals surface area contributed by atoms with Gasteiger partial charge in [-0.3, -0.25) is 4.79 Å². The van der Waals surface area contributed by atoms with Gasteiger partial charge in [-0.2, -0.15) is 0 Å². The van der Waals surface area contributed by atoms with E-state index in [9.17, 15) is 4.79 Å². The summed E-state index contributed by atoms with van der Waals surface area (Å²) in [6, 6.07) is 8.90. The van der Waals surface area contributed by atoms with Gasteiger partial charge in [-0.25, -0.2) is 0 Å². The van der Waals surface area contributed by atoms with Crippen LogP contribution < -0.4 is 4.74 Å². The zero-order valence-corrected chi connectivity index (χ0v) is 14.6. The van der Waals surface area contributed by atoms with Crippen LogP contribution in [0.2, 0.25) is 10.0 Å². The van der Waals surface area contributed by atoms with Gasteiger partial charge in [0.25, 0.3) is 0 Å². The second-order valence-corrected chi connectivity index (χ2v) is 6.23. The minimum Gasteiger partial charge on any atom is -0.489 e. The van der Waals surface area contributed by atoms with Crippen LogP contribution in [0, 0.1) is 13.8 Å². The molecule has 0 unspecified atom stereocenters. The van der Waals surface area contributed by atoms with E-state index in [2.05, 4.69) is 15.9 Å². The monoisotopic (exact) mass is 386 g/mol. The molecule has 0 heterocycles. The molecule has 0 amide bonds. The van der Waals surface area contributed by atoms with Crippen LogP contribution in [-0.2, 0) is 6.61 Å². The molecule has 0 atom stereocenters. The maximum Gasteiger partial charge on any atom is 0.228 e. The number of aryl methyl sites for hydroxylation is 2. The van der Waals surface area contributed by atoms with E-state index in [4.69, 9.17) is 27.9 Å². The molecule has 110 valence electrons. The van der Waals surface area contributed by atoms with Gasteiger partial charge in [-0.15, -0.1) is 0 Å². The minimum absolute atomic E-state index is 0.201. The van der Waals surface area contributed by atoms with Crippen LogP contribution in [-0.4, -0.2) is 4.69 Å². The quantitative estimate of drug-likeness (QED) is 0.626. The molecule has 0 spiro atoms. The Morgan fingerprint density at radius 3 is 2.52 bits per heavy atom. The number of benzene rings is 2. The van der Waals surface area contributed by atoms with Crippen molar-refractivity contribution in [2.45, 2.75) is 20.5 Å². The van der Waals surface area contributed by atoms with Crippen molar-refractivity contribution in [3.8, 4) is 5.75 Å². The van der Waals surface area contributed by atoms with Crippen LogP contribution in [0.4, 0.5) is 0 Å². The van der Waals surface area contributed by atoms with Crippen molar-refractivity contribution in [1.29, 1.82) is 0 Å². The lowest BCUT2D eigenvalue weighted by atomic mass is 10.1. The minimum atomic E-state index is -0.220. The third kappa shape index (κ3) is 3.79. The Morgan fingerprint density at radius 2 is 1.86 bits per heavy atom. The molecule has 2 rings (SSSR count). The number of hydrogen-bond donors (Lipinski definition) is 0. The van der Waals surface area contributed by atoms with Gasteiger partial charge in [-0.05, 0) is 59.1 Å². The van der Waals surface area contributed by atoms with E-state index < -0.39 is 0 Å². The second kappa shape index (κ2) is 6.82. The molecule has 0 aliphatic heterocycles. The van der Waals surface area contributed by atoms with Crippen LogP contribution in [0.25, 0.3) is 0 Å². The summed E-state index contributed by atoms with van der Waals surface area (Å²) >= 11 is 15.2. The molecule has 2 aromatic carbocycles. The predicted octanol–water partition coefficient (Wildman–Crippen LogP) is 5.72. The van der Waals surface area contributed by atoms with Gasteiger partial charge < -0.3 is 4.74 Å². The fraction of sp³-hybridized carbons (Fsp3) is 0.188. The number of carbonyl (C=O) groups is 1. The summed E-state index contributed by atoms with van der Waals surface area (Å²) in [5.74, 6) is 0.679. The molecule has 0 N–H and O–H groups in total. The maximum absolute atomic E-state index is 11.6. The normalized spacial score (nSPS) is 10.5. The standard InChI is InChI=1S/C16H13BrCl2O2/c1-9-6-10(2)15(7-14(9)19)21-8-12-11(16(17)20)4-3-5-13(12)18/h3-7H,8H2,1-2H3. The molecule has 5 heteroatoms. The number of halogens is 3. The Hall–Kier alpha value is -1.03. The first kappa shape index (κ1) is 16.3. The van der Waals surface area contributed by atoms with Crippen molar-refractivity contribution in [3.63, 3.8) is 0 Å². The van der Waals surface area contributed by atoms with E-state index in [1.165, 1.54) is 0 Å². The van der Waals surface area contributed by atoms with Crippen molar-refractivity contribution < 1.29 is 9.53 Å². The Balaban J connectivity index is 2.29. The lowest BCUT2D eigenvalue weighted by Gasteiger charge is -2.13. The first-order valence-corrected chi connectivity index (χ1v) is 7.82. The average Bonchev–Trinajstić information content (AvgIpc) is 2.42. The number of carbonyl (C=O) groups excluding carboxylic acids is 1. The van der Waals surface area contributed by atoms with E-state index in [0.717, 1.165) is 11.1 Å². The Labute approximate surface area is 142 Å². The molecule has 0 aliphatic rings.